The zero-order chi connectivity index (χ0) is 16.4. The van der Waals surface area contributed by atoms with Gasteiger partial charge in [-0.3, -0.25) is 4.79 Å². The van der Waals surface area contributed by atoms with Gasteiger partial charge in [0.05, 0.1) is 11.7 Å². The van der Waals surface area contributed by atoms with E-state index < -0.39 is 0 Å². The van der Waals surface area contributed by atoms with Gasteiger partial charge in [-0.2, -0.15) is 5.10 Å². The fourth-order valence-corrected chi connectivity index (χ4v) is 3.28. The Hall–Kier alpha value is -2.18. The Balaban J connectivity index is 1.65. The molecule has 1 fully saturated rings. The van der Waals surface area contributed by atoms with Gasteiger partial charge in [-0.15, -0.1) is 0 Å². The van der Waals surface area contributed by atoms with Crippen molar-refractivity contribution in [3.63, 3.8) is 0 Å². The predicted molar refractivity (Wildman–Crippen MR) is 83.7 cm³/mol. The standard InChI is InChI=1S/C16H23N5O2/c1-11(7-15-12(2)19-23-13(15)3)16(22)20-6-4-5-14(8-20)21-10-17-9-18-21/h9-11,14H,4-8H2,1-3H3. The van der Waals surface area contributed by atoms with E-state index in [1.807, 2.05) is 30.4 Å². The number of hydrogen-bond acceptors (Lipinski definition) is 5. The lowest BCUT2D eigenvalue weighted by Crippen LogP contribution is -2.43. The summed E-state index contributed by atoms with van der Waals surface area (Å²) in [5.41, 5.74) is 1.93. The van der Waals surface area contributed by atoms with E-state index in [-0.39, 0.29) is 17.9 Å². The molecule has 3 heterocycles. The normalized spacial score (nSPS) is 19.8. The monoisotopic (exact) mass is 317 g/mol. The van der Waals surface area contributed by atoms with Gasteiger partial charge in [0.1, 0.15) is 18.4 Å². The summed E-state index contributed by atoms with van der Waals surface area (Å²) in [6.45, 7) is 7.32. The average molecular weight is 317 g/mol. The Bertz CT molecular complexity index is 645. The van der Waals surface area contributed by atoms with Crippen molar-refractivity contribution in [3.8, 4) is 0 Å². The number of aromatic nitrogens is 4. The molecule has 1 amide bonds. The Morgan fingerprint density at radius 3 is 2.96 bits per heavy atom. The molecular formula is C16H23N5O2. The van der Waals surface area contributed by atoms with Gasteiger partial charge < -0.3 is 9.42 Å². The molecule has 2 aromatic rings. The second kappa shape index (κ2) is 6.52. The zero-order valence-corrected chi connectivity index (χ0v) is 13.9. The molecule has 2 atom stereocenters. The van der Waals surface area contributed by atoms with Crippen LogP contribution in [0.5, 0.6) is 0 Å². The lowest BCUT2D eigenvalue weighted by Gasteiger charge is -2.34. The quantitative estimate of drug-likeness (QED) is 0.861. The van der Waals surface area contributed by atoms with Crippen molar-refractivity contribution in [2.45, 2.75) is 46.1 Å². The summed E-state index contributed by atoms with van der Waals surface area (Å²) in [4.78, 5) is 18.8. The molecule has 0 bridgehead atoms. The zero-order valence-electron chi connectivity index (χ0n) is 13.9. The van der Waals surface area contributed by atoms with Gasteiger partial charge in [0.25, 0.3) is 0 Å². The van der Waals surface area contributed by atoms with Crippen LogP contribution in [-0.2, 0) is 11.2 Å². The molecule has 0 radical (unpaired) electrons. The molecule has 0 aromatic carbocycles. The Morgan fingerprint density at radius 2 is 2.30 bits per heavy atom. The molecular weight excluding hydrogens is 294 g/mol. The number of hydrogen-bond donors (Lipinski definition) is 0. The van der Waals surface area contributed by atoms with Gasteiger partial charge in [0.15, 0.2) is 0 Å². The minimum atomic E-state index is -0.0821. The fraction of sp³-hybridized carbons (Fsp3) is 0.625. The van der Waals surface area contributed by atoms with Crippen LogP contribution in [-0.4, -0.2) is 43.8 Å². The number of aryl methyl sites for hydroxylation is 2. The van der Waals surface area contributed by atoms with E-state index in [1.165, 1.54) is 0 Å². The van der Waals surface area contributed by atoms with Crippen LogP contribution in [0.3, 0.4) is 0 Å². The van der Waals surface area contributed by atoms with Crippen molar-refractivity contribution < 1.29 is 9.32 Å². The summed E-state index contributed by atoms with van der Waals surface area (Å²) >= 11 is 0. The van der Waals surface area contributed by atoms with Crippen molar-refractivity contribution in [2.75, 3.05) is 13.1 Å². The van der Waals surface area contributed by atoms with Crippen molar-refractivity contribution in [2.24, 2.45) is 5.92 Å². The van der Waals surface area contributed by atoms with Gasteiger partial charge in [0.2, 0.25) is 5.91 Å². The first-order valence-electron chi connectivity index (χ1n) is 8.11. The van der Waals surface area contributed by atoms with Crippen LogP contribution >= 0.6 is 0 Å². The van der Waals surface area contributed by atoms with Gasteiger partial charge in [-0.25, -0.2) is 9.67 Å². The summed E-state index contributed by atoms with van der Waals surface area (Å²) in [5.74, 6) is 0.914. The van der Waals surface area contributed by atoms with Crippen LogP contribution in [0.2, 0.25) is 0 Å². The summed E-state index contributed by atoms with van der Waals surface area (Å²) in [5, 5.41) is 8.18. The van der Waals surface area contributed by atoms with Crippen LogP contribution in [0.25, 0.3) is 0 Å². The third-order valence-electron chi connectivity index (χ3n) is 4.63. The van der Waals surface area contributed by atoms with Crippen LogP contribution < -0.4 is 0 Å². The first-order chi connectivity index (χ1) is 11.1. The molecule has 7 heteroatoms. The second-order valence-corrected chi connectivity index (χ2v) is 6.36. The highest BCUT2D eigenvalue weighted by Gasteiger charge is 2.29. The largest absolute Gasteiger partial charge is 0.361 e. The van der Waals surface area contributed by atoms with Crippen molar-refractivity contribution in [1.29, 1.82) is 0 Å². The van der Waals surface area contributed by atoms with E-state index in [9.17, 15) is 4.79 Å². The number of amides is 1. The number of likely N-dealkylation sites (tertiary alicyclic amines) is 1. The smallest absolute Gasteiger partial charge is 0.225 e. The second-order valence-electron chi connectivity index (χ2n) is 6.36. The highest BCUT2D eigenvalue weighted by atomic mass is 16.5. The van der Waals surface area contributed by atoms with E-state index in [1.54, 1.807) is 12.7 Å². The summed E-state index contributed by atoms with van der Waals surface area (Å²) < 4.78 is 7.05. The third kappa shape index (κ3) is 3.28. The number of carbonyl (C=O) groups excluding carboxylic acids is 1. The Labute approximate surface area is 135 Å². The highest BCUT2D eigenvalue weighted by molar-refractivity contribution is 5.79. The lowest BCUT2D eigenvalue weighted by atomic mass is 9.97. The van der Waals surface area contributed by atoms with Crippen molar-refractivity contribution in [3.05, 3.63) is 29.7 Å². The molecule has 1 aliphatic heterocycles. The van der Waals surface area contributed by atoms with Gasteiger partial charge in [-0.1, -0.05) is 12.1 Å². The number of piperidine rings is 1. The SMILES string of the molecule is Cc1noc(C)c1CC(C)C(=O)N1CCCC(n2cncn2)C1. The van der Waals surface area contributed by atoms with Crippen LogP contribution in [0.4, 0.5) is 0 Å². The molecule has 2 unspecified atom stereocenters. The summed E-state index contributed by atoms with van der Waals surface area (Å²) in [6.07, 6.45) is 5.97. The number of nitrogens with zero attached hydrogens (tertiary/aromatic N) is 5. The van der Waals surface area contributed by atoms with Gasteiger partial charge in [-0.05, 0) is 33.1 Å². The van der Waals surface area contributed by atoms with Crippen molar-refractivity contribution >= 4 is 5.91 Å². The Morgan fingerprint density at radius 1 is 1.48 bits per heavy atom. The lowest BCUT2D eigenvalue weighted by molar-refractivity contribution is -0.136. The maximum absolute atomic E-state index is 12.8. The predicted octanol–water partition coefficient (Wildman–Crippen LogP) is 1.93. The third-order valence-corrected chi connectivity index (χ3v) is 4.63. The van der Waals surface area contributed by atoms with E-state index in [4.69, 9.17) is 4.52 Å². The first kappa shape index (κ1) is 15.7. The minimum absolute atomic E-state index is 0.0821. The number of rotatable bonds is 4. The molecule has 3 rings (SSSR count). The van der Waals surface area contributed by atoms with Crippen molar-refractivity contribution in [1.82, 2.24) is 24.8 Å². The van der Waals surface area contributed by atoms with Crippen LogP contribution in [0.15, 0.2) is 17.2 Å². The molecule has 124 valence electrons. The fourth-order valence-electron chi connectivity index (χ4n) is 3.28. The molecule has 1 saturated heterocycles. The van der Waals surface area contributed by atoms with Gasteiger partial charge in [0, 0.05) is 24.6 Å². The van der Waals surface area contributed by atoms with Gasteiger partial charge >= 0.3 is 0 Å². The molecule has 23 heavy (non-hydrogen) atoms. The topological polar surface area (TPSA) is 77.0 Å². The summed E-state index contributed by atoms with van der Waals surface area (Å²) in [6, 6.07) is 0.224. The highest BCUT2D eigenvalue weighted by Crippen LogP contribution is 2.24. The molecule has 0 spiro atoms. The minimum Gasteiger partial charge on any atom is -0.361 e. The maximum atomic E-state index is 12.8. The molecule has 2 aromatic heterocycles. The average Bonchev–Trinajstić information content (AvgIpc) is 3.20. The summed E-state index contributed by atoms with van der Waals surface area (Å²) in [7, 11) is 0. The van der Waals surface area contributed by atoms with Crippen LogP contribution in [0.1, 0.15) is 42.8 Å². The first-order valence-corrected chi connectivity index (χ1v) is 8.11. The Kier molecular flexibility index (Phi) is 4.45. The van der Waals surface area contributed by atoms with E-state index in [2.05, 4.69) is 15.2 Å². The molecule has 0 N–H and O–H groups in total. The van der Waals surface area contributed by atoms with E-state index in [0.717, 1.165) is 36.4 Å². The van der Waals surface area contributed by atoms with E-state index in [0.29, 0.717) is 13.0 Å². The van der Waals surface area contributed by atoms with E-state index >= 15 is 0 Å². The molecule has 0 aliphatic carbocycles. The van der Waals surface area contributed by atoms with Crippen LogP contribution in [0, 0.1) is 19.8 Å². The maximum Gasteiger partial charge on any atom is 0.225 e. The molecule has 0 saturated carbocycles. The molecule has 7 nitrogen and oxygen atoms in total. The number of carbonyl (C=O) groups is 1. The molecule has 1 aliphatic rings.